The molecule has 1 aromatic heterocycles. The predicted molar refractivity (Wildman–Crippen MR) is 116 cm³/mol. The normalized spacial score (nSPS) is 10.9. The van der Waals surface area contributed by atoms with Gasteiger partial charge in [0.05, 0.1) is 23.9 Å². The molecule has 2 aromatic carbocycles. The number of carbonyl (C=O) groups excluding carboxylic acids is 2. The van der Waals surface area contributed by atoms with E-state index in [-0.39, 0.29) is 11.8 Å². The molecule has 3 rings (SSSR count). The minimum Gasteiger partial charge on any atom is -0.493 e. The number of amides is 2. The number of hydrogen-bond acceptors (Lipinski definition) is 6. The number of aromatic nitrogens is 1. The van der Waals surface area contributed by atoms with Crippen LogP contribution in [0, 0.1) is 0 Å². The third-order valence-electron chi connectivity index (χ3n) is 3.85. The Morgan fingerprint density at radius 1 is 1.14 bits per heavy atom. The van der Waals surface area contributed by atoms with E-state index in [1.54, 1.807) is 31.4 Å². The number of ether oxygens (including phenoxy) is 2. The van der Waals surface area contributed by atoms with Crippen LogP contribution in [-0.2, 0) is 9.59 Å². The van der Waals surface area contributed by atoms with Crippen LogP contribution in [0.2, 0.25) is 0 Å². The van der Waals surface area contributed by atoms with Crippen LogP contribution in [0.3, 0.4) is 0 Å². The average Bonchev–Trinajstić information content (AvgIpc) is 3.07. The van der Waals surface area contributed by atoms with Crippen LogP contribution in [-0.4, -0.2) is 30.5 Å². The van der Waals surface area contributed by atoms with E-state index in [1.807, 2.05) is 25.1 Å². The second kappa shape index (κ2) is 9.20. The van der Waals surface area contributed by atoms with Crippen LogP contribution in [0.4, 0.5) is 10.8 Å². The summed E-state index contributed by atoms with van der Waals surface area (Å²) in [5.74, 6) is 0.839. The molecule has 0 aliphatic carbocycles. The van der Waals surface area contributed by atoms with E-state index in [4.69, 9.17) is 9.47 Å². The molecule has 150 valence electrons. The van der Waals surface area contributed by atoms with Crippen molar-refractivity contribution in [1.82, 2.24) is 4.98 Å². The van der Waals surface area contributed by atoms with Crippen molar-refractivity contribution in [3.05, 3.63) is 48.0 Å². The smallest absolute Gasteiger partial charge is 0.248 e. The molecule has 0 fully saturated rings. The molecule has 0 saturated carbocycles. The van der Waals surface area contributed by atoms with Crippen LogP contribution >= 0.6 is 11.3 Å². The van der Waals surface area contributed by atoms with E-state index in [9.17, 15) is 9.59 Å². The summed E-state index contributed by atoms with van der Waals surface area (Å²) in [6.07, 6.45) is 3.16. The number of benzene rings is 2. The molecular formula is C21H21N3O4S. The number of thiazole rings is 1. The second-order valence-corrected chi connectivity index (χ2v) is 7.08. The molecule has 0 spiro atoms. The molecule has 7 nitrogen and oxygen atoms in total. The topological polar surface area (TPSA) is 89.5 Å². The van der Waals surface area contributed by atoms with Gasteiger partial charge in [0, 0.05) is 18.7 Å². The Balaban J connectivity index is 1.70. The van der Waals surface area contributed by atoms with Crippen molar-refractivity contribution in [3.8, 4) is 11.5 Å². The summed E-state index contributed by atoms with van der Waals surface area (Å²) in [7, 11) is 1.58. The number of rotatable bonds is 7. The fourth-order valence-electron chi connectivity index (χ4n) is 2.63. The van der Waals surface area contributed by atoms with Gasteiger partial charge in [-0.15, -0.1) is 0 Å². The summed E-state index contributed by atoms with van der Waals surface area (Å²) in [5, 5.41) is 6.02. The van der Waals surface area contributed by atoms with Crippen molar-refractivity contribution in [3.63, 3.8) is 0 Å². The van der Waals surface area contributed by atoms with Gasteiger partial charge in [0.25, 0.3) is 0 Å². The van der Waals surface area contributed by atoms with Crippen molar-refractivity contribution < 1.29 is 19.1 Å². The molecule has 2 N–H and O–H groups in total. The summed E-state index contributed by atoms with van der Waals surface area (Å²) >= 11 is 1.35. The number of methoxy groups -OCH3 is 1. The van der Waals surface area contributed by atoms with E-state index >= 15 is 0 Å². The molecule has 2 amide bonds. The Morgan fingerprint density at radius 2 is 1.97 bits per heavy atom. The van der Waals surface area contributed by atoms with Gasteiger partial charge in [-0.3, -0.25) is 9.59 Å². The Kier molecular flexibility index (Phi) is 6.46. The van der Waals surface area contributed by atoms with Crippen LogP contribution in [0.5, 0.6) is 11.5 Å². The lowest BCUT2D eigenvalue weighted by atomic mass is 10.2. The van der Waals surface area contributed by atoms with Crippen LogP contribution in [0.15, 0.2) is 42.5 Å². The monoisotopic (exact) mass is 411 g/mol. The van der Waals surface area contributed by atoms with Gasteiger partial charge in [-0.05, 0) is 48.9 Å². The van der Waals surface area contributed by atoms with E-state index in [0.717, 1.165) is 15.8 Å². The van der Waals surface area contributed by atoms with Gasteiger partial charge < -0.3 is 20.1 Å². The van der Waals surface area contributed by atoms with Crippen molar-refractivity contribution in [2.75, 3.05) is 24.4 Å². The van der Waals surface area contributed by atoms with E-state index in [0.29, 0.717) is 28.9 Å². The highest BCUT2D eigenvalue weighted by Crippen LogP contribution is 2.29. The van der Waals surface area contributed by atoms with Crippen LogP contribution in [0.25, 0.3) is 16.3 Å². The number of anilines is 2. The first-order chi connectivity index (χ1) is 14.0. The van der Waals surface area contributed by atoms with Gasteiger partial charge >= 0.3 is 0 Å². The van der Waals surface area contributed by atoms with E-state index < -0.39 is 0 Å². The minimum atomic E-state index is -0.260. The SMILES string of the molecule is CCOc1cc(C=CC(=O)Nc2ccc3nc(NC(C)=O)sc3c2)ccc1OC. The summed E-state index contributed by atoms with van der Waals surface area (Å²) in [6, 6.07) is 10.9. The number of hydrogen-bond donors (Lipinski definition) is 2. The quantitative estimate of drug-likeness (QED) is 0.566. The largest absolute Gasteiger partial charge is 0.493 e. The van der Waals surface area contributed by atoms with Gasteiger partial charge in [0.2, 0.25) is 11.8 Å². The molecule has 0 unspecified atom stereocenters. The van der Waals surface area contributed by atoms with Gasteiger partial charge in [0.15, 0.2) is 16.6 Å². The Hall–Kier alpha value is -3.39. The zero-order valence-corrected chi connectivity index (χ0v) is 17.1. The molecular weight excluding hydrogens is 390 g/mol. The highest BCUT2D eigenvalue weighted by atomic mass is 32.1. The Morgan fingerprint density at radius 3 is 2.69 bits per heavy atom. The first kappa shape index (κ1) is 20.3. The van der Waals surface area contributed by atoms with Gasteiger partial charge in [-0.25, -0.2) is 4.98 Å². The molecule has 0 radical (unpaired) electrons. The average molecular weight is 411 g/mol. The van der Waals surface area contributed by atoms with Crippen molar-refractivity contribution >= 4 is 50.3 Å². The number of nitrogens with one attached hydrogen (secondary N) is 2. The zero-order chi connectivity index (χ0) is 20.8. The zero-order valence-electron chi connectivity index (χ0n) is 16.3. The molecule has 0 aliphatic heterocycles. The van der Waals surface area contributed by atoms with Crippen LogP contribution in [0.1, 0.15) is 19.4 Å². The van der Waals surface area contributed by atoms with E-state index in [2.05, 4.69) is 15.6 Å². The molecule has 1 heterocycles. The summed E-state index contributed by atoms with van der Waals surface area (Å²) in [5.41, 5.74) is 2.23. The lowest BCUT2D eigenvalue weighted by Crippen LogP contribution is -2.07. The molecule has 0 bridgehead atoms. The molecule has 0 saturated heterocycles. The lowest BCUT2D eigenvalue weighted by Gasteiger charge is -2.09. The first-order valence-electron chi connectivity index (χ1n) is 8.96. The first-order valence-corrected chi connectivity index (χ1v) is 9.78. The van der Waals surface area contributed by atoms with Crippen molar-refractivity contribution in [2.24, 2.45) is 0 Å². The third-order valence-corrected chi connectivity index (χ3v) is 4.79. The third kappa shape index (κ3) is 5.32. The maximum absolute atomic E-state index is 12.3. The fraction of sp³-hybridized carbons (Fsp3) is 0.190. The van der Waals surface area contributed by atoms with Crippen LogP contribution < -0.4 is 20.1 Å². The molecule has 0 aliphatic rings. The summed E-state index contributed by atoms with van der Waals surface area (Å²) in [6.45, 7) is 3.85. The van der Waals surface area contributed by atoms with Gasteiger partial charge in [-0.1, -0.05) is 17.4 Å². The predicted octanol–water partition coefficient (Wildman–Crippen LogP) is 4.31. The fourth-order valence-corrected chi connectivity index (χ4v) is 3.58. The highest BCUT2D eigenvalue weighted by molar-refractivity contribution is 7.22. The molecule has 0 atom stereocenters. The maximum Gasteiger partial charge on any atom is 0.248 e. The number of fused-ring (bicyclic) bond motifs is 1. The Labute approximate surface area is 172 Å². The van der Waals surface area contributed by atoms with Gasteiger partial charge in [0.1, 0.15) is 0 Å². The minimum absolute atomic E-state index is 0.172. The number of nitrogens with zero attached hydrogens (tertiary/aromatic N) is 1. The van der Waals surface area contributed by atoms with Crippen molar-refractivity contribution in [2.45, 2.75) is 13.8 Å². The maximum atomic E-state index is 12.3. The van der Waals surface area contributed by atoms with E-state index in [1.165, 1.54) is 24.3 Å². The van der Waals surface area contributed by atoms with Gasteiger partial charge in [-0.2, -0.15) is 0 Å². The number of carbonyl (C=O) groups is 2. The molecule has 8 heteroatoms. The summed E-state index contributed by atoms with van der Waals surface area (Å²) in [4.78, 5) is 27.8. The highest BCUT2D eigenvalue weighted by Gasteiger charge is 2.07. The second-order valence-electron chi connectivity index (χ2n) is 6.05. The molecule has 3 aromatic rings. The summed E-state index contributed by atoms with van der Waals surface area (Å²) < 4.78 is 11.7. The van der Waals surface area contributed by atoms with Crippen molar-refractivity contribution in [1.29, 1.82) is 0 Å². The molecule has 29 heavy (non-hydrogen) atoms. The standard InChI is InChI=1S/C21H21N3O4S/c1-4-28-18-11-14(5-9-17(18)27-3)6-10-20(26)23-15-7-8-16-19(12-15)29-21(24-16)22-13(2)25/h5-12H,4H2,1-3H3,(H,23,26)(H,22,24,25). The Bertz CT molecular complexity index is 1070. The lowest BCUT2D eigenvalue weighted by molar-refractivity contribution is -0.114.